The maximum absolute atomic E-state index is 13.2. The fourth-order valence-corrected chi connectivity index (χ4v) is 6.60. The second kappa shape index (κ2) is 8.28. The summed E-state index contributed by atoms with van der Waals surface area (Å²) >= 11 is 0. The van der Waals surface area contributed by atoms with Gasteiger partial charge in [-0.05, 0) is 67.5 Å². The Morgan fingerprint density at radius 3 is 2.24 bits per heavy atom. The molecule has 2 fully saturated rings. The van der Waals surface area contributed by atoms with Crippen LogP contribution in [-0.2, 0) is 28.8 Å². The first-order valence-corrected chi connectivity index (χ1v) is 11.9. The van der Waals surface area contributed by atoms with Crippen molar-refractivity contribution in [2.45, 2.75) is 42.0 Å². The van der Waals surface area contributed by atoms with Crippen molar-refractivity contribution in [3.05, 3.63) is 65.2 Å². The predicted octanol–water partition coefficient (Wildman–Crippen LogP) is 4.61. The van der Waals surface area contributed by atoms with Crippen LogP contribution in [0.3, 0.4) is 0 Å². The summed E-state index contributed by atoms with van der Waals surface area (Å²) in [7, 11) is -4.38. The van der Waals surface area contributed by atoms with Crippen LogP contribution in [-0.4, -0.2) is 27.0 Å². The average molecular weight is 492 g/mol. The van der Waals surface area contributed by atoms with E-state index < -0.39 is 43.9 Å². The van der Waals surface area contributed by atoms with Crippen molar-refractivity contribution >= 4 is 10.0 Å². The SMILES string of the molecule is O=S(=O)(N[C@@]1(Cc2cccc(C(F)(F)F)c2)CC[C@@H]2CNC[C@@H]21)c1cccc(C(F)(F)F)c1. The number of hydrogen-bond acceptors (Lipinski definition) is 3. The van der Waals surface area contributed by atoms with E-state index in [4.69, 9.17) is 0 Å². The van der Waals surface area contributed by atoms with E-state index >= 15 is 0 Å². The highest BCUT2D eigenvalue weighted by molar-refractivity contribution is 7.89. The van der Waals surface area contributed by atoms with Crippen molar-refractivity contribution in [2.24, 2.45) is 11.8 Å². The summed E-state index contributed by atoms with van der Waals surface area (Å²) in [6, 6.07) is 8.16. The van der Waals surface area contributed by atoms with Crippen LogP contribution in [0.1, 0.15) is 29.5 Å². The highest BCUT2D eigenvalue weighted by atomic mass is 32.2. The molecule has 0 spiro atoms. The van der Waals surface area contributed by atoms with E-state index in [9.17, 15) is 34.8 Å². The molecule has 180 valence electrons. The summed E-state index contributed by atoms with van der Waals surface area (Å²) in [6.45, 7) is 1.12. The normalized spacial score (nSPS) is 25.9. The summed E-state index contributed by atoms with van der Waals surface area (Å²) in [5.74, 6) is -0.0763. The van der Waals surface area contributed by atoms with E-state index in [0.29, 0.717) is 37.6 Å². The highest BCUT2D eigenvalue weighted by Gasteiger charge is 2.52. The standard InChI is InChI=1S/C22H22F6N2O2S/c23-21(24,25)16-4-1-3-14(9-16)11-20(8-7-15-12-29-13-19(15)20)30-33(31,32)18-6-2-5-17(10-18)22(26,27)28/h1-6,9-10,15,19,29-30H,7-8,11-13H2/t15-,19+,20-/m1/s1. The fourth-order valence-electron chi connectivity index (χ4n) is 5.08. The Morgan fingerprint density at radius 2 is 1.58 bits per heavy atom. The summed E-state index contributed by atoms with van der Waals surface area (Å²) in [4.78, 5) is -0.532. The van der Waals surface area contributed by atoms with Gasteiger partial charge in [0.2, 0.25) is 10.0 Å². The molecule has 1 saturated carbocycles. The van der Waals surface area contributed by atoms with Crippen molar-refractivity contribution < 1.29 is 34.8 Å². The zero-order valence-corrected chi connectivity index (χ0v) is 18.1. The van der Waals surface area contributed by atoms with Gasteiger partial charge >= 0.3 is 12.4 Å². The van der Waals surface area contributed by atoms with Gasteiger partial charge < -0.3 is 5.32 Å². The predicted molar refractivity (Wildman–Crippen MR) is 109 cm³/mol. The Kier molecular flexibility index (Phi) is 6.03. The third kappa shape index (κ3) is 4.90. The first-order valence-electron chi connectivity index (χ1n) is 10.4. The molecule has 1 aliphatic heterocycles. The van der Waals surface area contributed by atoms with Gasteiger partial charge in [-0.15, -0.1) is 0 Å². The van der Waals surface area contributed by atoms with E-state index in [1.807, 2.05) is 0 Å². The van der Waals surface area contributed by atoms with Gasteiger partial charge in [0.25, 0.3) is 0 Å². The van der Waals surface area contributed by atoms with Gasteiger partial charge in [-0.1, -0.05) is 24.3 Å². The van der Waals surface area contributed by atoms with Gasteiger partial charge in [0.1, 0.15) is 0 Å². The van der Waals surface area contributed by atoms with Crippen LogP contribution in [0.25, 0.3) is 0 Å². The Bertz CT molecular complexity index is 1130. The molecule has 0 bridgehead atoms. The van der Waals surface area contributed by atoms with Crippen molar-refractivity contribution in [1.29, 1.82) is 0 Å². The molecular weight excluding hydrogens is 470 g/mol. The number of halogens is 6. The zero-order valence-electron chi connectivity index (χ0n) is 17.3. The van der Waals surface area contributed by atoms with E-state index in [-0.39, 0.29) is 18.3 Å². The van der Waals surface area contributed by atoms with Crippen LogP contribution in [0.5, 0.6) is 0 Å². The molecule has 2 N–H and O–H groups in total. The molecule has 4 rings (SSSR count). The number of benzene rings is 2. The minimum Gasteiger partial charge on any atom is -0.316 e. The number of sulfonamides is 1. The third-order valence-corrected chi connectivity index (χ3v) is 8.14. The Hall–Kier alpha value is -2.11. The lowest BCUT2D eigenvalue weighted by atomic mass is 9.80. The third-order valence-electron chi connectivity index (χ3n) is 6.59. The van der Waals surface area contributed by atoms with Crippen LogP contribution < -0.4 is 10.0 Å². The lowest BCUT2D eigenvalue weighted by molar-refractivity contribution is -0.138. The van der Waals surface area contributed by atoms with E-state index in [0.717, 1.165) is 30.3 Å². The lowest BCUT2D eigenvalue weighted by Gasteiger charge is -2.36. The number of rotatable bonds is 5. The molecule has 2 aliphatic rings. The Balaban J connectivity index is 1.71. The number of hydrogen-bond donors (Lipinski definition) is 2. The minimum absolute atomic E-state index is 0.00203. The zero-order chi connectivity index (χ0) is 24.1. The van der Waals surface area contributed by atoms with Gasteiger partial charge in [-0.25, -0.2) is 13.1 Å². The largest absolute Gasteiger partial charge is 0.416 e. The van der Waals surface area contributed by atoms with Crippen molar-refractivity contribution in [1.82, 2.24) is 10.0 Å². The molecule has 0 aromatic heterocycles. The smallest absolute Gasteiger partial charge is 0.316 e. The van der Waals surface area contributed by atoms with Gasteiger partial charge in [0.15, 0.2) is 0 Å². The molecule has 0 amide bonds. The summed E-state index contributed by atoms with van der Waals surface area (Å²) in [6.07, 6.45) is -8.24. The van der Waals surface area contributed by atoms with Crippen LogP contribution in [0.2, 0.25) is 0 Å². The van der Waals surface area contributed by atoms with Gasteiger partial charge in [-0.2, -0.15) is 26.3 Å². The van der Waals surface area contributed by atoms with E-state index in [1.54, 1.807) is 0 Å². The van der Waals surface area contributed by atoms with Crippen molar-refractivity contribution in [3.8, 4) is 0 Å². The quantitative estimate of drug-likeness (QED) is 0.600. The topological polar surface area (TPSA) is 58.2 Å². The molecule has 3 atom stereocenters. The van der Waals surface area contributed by atoms with E-state index in [2.05, 4.69) is 10.0 Å². The second-order valence-corrected chi connectivity index (χ2v) is 10.4. The maximum Gasteiger partial charge on any atom is 0.416 e. The van der Waals surface area contributed by atoms with Gasteiger partial charge in [0.05, 0.1) is 16.0 Å². The second-order valence-electron chi connectivity index (χ2n) is 8.73. The number of fused-ring (bicyclic) bond motifs is 1. The van der Waals surface area contributed by atoms with Crippen LogP contribution in [0, 0.1) is 11.8 Å². The van der Waals surface area contributed by atoms with Crippen LogP contribution in [0.4, 0.5) is 26.3 Å². The molecule has 4 nitrogen and oxygen atoms in total. The fraction of sp³-hybridized carbons (Fsp3) is 0.455. The van der Waals surface area contributed by atoms with Crippen molar-refractivity contribution in [2.75, 3.05) is 13.1 Å². The molecular formula is C22H22F6N2O2S. The van der Waals surface area contributed by atoms with Gasteiger partial charge in [-0.3, -0.25) is 0 Å². The van der Waals surface area contributed by atoms with Crippen molar-refractivity contribution in [3.63, 3.8) is 0 Å². The summed E-state index contributed by atoms with van der Waals surface area (Å²) in [5, 5.41) is 3.19. The highest BCUT2D eigenvalue weighted by Crippen LogP contribution is 2.45. The van der Waals surface area contributed by atoms with E-state index in [1.165, 1.54) is 12.1 Å². The minimum atomic E-state index is -4.71. The van der Waals surface area contributed by atoms with Crippen LogP contribution >= 0.6 is 0 Å². The Morgan fingerprint density at radius 1 is 0.939 bits per heavy atom. The molecule has 11 heteroatoms. The molecule has 1 heterocycles. The molecule has 0 radical (unpaired) electrons. The average Bonchev–Trinajstić information content (AvgIpc) is 3.31. The number of alkyl halides is 6. The first kappa shape index (κ1) is 24.0. The van der Waals surface area contributed by atoms with Crippen LogP contribution in [0.15, 0.2) is 53.4 Å². The number of nitrogens with one attached hydrogen (secondary N) is 2. The molecule has 2 aromatic carbocycles. The molecule has 33 heavy (non-hydrogen) atoms. The maximum atomic E-state index is 13.2. The molecule has 1 saturated heterocycles. The molecule has 0 unspecified atom stereocenters. The molecule has 1 aliphatic carbocycles. The first-order chi connectivity index (χ1) is 15.3. The van der Waals surface area contributed by atoms with Gasteiger partial charge in [0, 0.05) is 12.1 Å². The monoisotopic (exact) mass is 492 g/mol. The summed E-state index contributed by atoms with van der Waals surface area (Å²) in [5.41, 5.74) is -2.74. The molecule has 2 aromatic rings. The summed E-state index contributed by atoms with van der Waals surface area (Å²) < 4.78 is 108. The lowest BCUT2D eigenvalue weighted by Crippen LogP contribution is -2.54. The Labute approximate surface area is 187 Å².